The van der Waals surface area contributed by atoms with E-state index in [1.165, 1.54) is 36.4 Å². The molecule has 0 saturated heterocycles. The molecule has 0 fully saturated rings. The highest BCUT2D eigenvalue weighted by atomic mass is 19.1. The van der Waals surface area contributed by atoms with Gasteiger partial charge in [-0.1, -0.05) is 0 Å². The van der Waals surface area contributed by atoms with Gasteiger partial charge in [0.2, 0.25) is 0 Å². The third-order valence-electron chi connectivity index (χ3n) is 3.10. The van der Waals surface area contributed by atoms with Crippen LogP contribution < -0.4 is 0 Å². The van der Waals surface area contributed by atoms with Gasteiger partial charge >= 0.3 is 0 Å². The zero-order valence-corrected chi connectivity index (χ0v) is 11.0. The average Bonchev–Trinajstić information content (AvgIpc) is 2.37. The third-order valence-corrected chi connectivity index (χ3v) is 3.10. The second-order valence-corrected chi connectivity index (χ2v) is 4.54. The number of aryl methyl sites for hydroxylation is 2. The molecule has 0 spiro atoms. The molecule has 0 unspecified atom stereocenters. The molecule has 0 heterocycles. The lowest BCUT2D eigenvalue weighted by atomic mass is 9.96. The smallest absolute Gasteiger partial charge is 0.269 e. The lowest BCUT2D eigenvalue weighted by Gasteiger charge is -2.07. The molecule has 102 valence electrons. The highest BCUT2D eigenvalue weighted by Gasteiger charge is 2.16. The first-order valence-electron chi connectivity index (χ1n) is 5.96. The Morgan fingerprint density at radius 2 is 1.60 bits per heavy atom. The minimum absolute atomic E-state index is 0.0603. The van der Waals surface area contributed by atoms with Crippen molar-refractivity contribution in [2.45, 2.75) is 13.8 Å². The van der Waals surface area contributed by atoms with Crippen molar-refractivity contribution in [3.63, 3.8) is 0 Å². The number of hydrogen-bond acceptors (Lipinski definition) is 3. The number of nitro groups is 1. The Morgan fingerprint density at radius 1 is 1.05 bits per heavy atom. The summed E-state index contributed by atoms with van der Waals surface area (Å²) >= 11 is 0. The number of hydrogen-bond donors (Lipinski definition) is 0. The van der Waals surface area contributed by atoms with E-state index in [1.54, 1.807) is 13.8 Å². The summed E-state index contributed by atoms with van der Waals surface area (Å²) in [5, 5.41) is 10.7. The van der Waals surface area contributed by atoms with Crippen LogP contribution in [0.3, 0.4) is 0 Å². The monoisotopic (exact) mass is 273 g/mol. The standard InChI is InChI=1S/C15H12FNO3/c1-9-7-11(16)3-5-13(9)15(18)14-6-4-12(17(19)20)8-10(14)2/h3-8H,1-2H3. The molecule has 0 aliphatic carbocycles. The van der Waals surface area contributed by atoms with E-state index in [2.05, 4.69) is 0 Å². The third kappa shape index (κ3) is 2.56. The molecule has 2 rings (SSSR count). The summed E-state index contributed by atoms with van der Waals surface area (Å²) in [6, 6.07) is 8.01. The van der Waals surface area contributed by atoms with Crippen LogP contribution >= 0.6 is 0 Å². The first-order valence-corrected chi connectivity index (χ1v) is 5.96. The van der Waals surface area contributed by atoms with Gasteiger partial charge in [0.15, 0.2) is 5.78 Å². The topological polar surface area (TPSA) is 60.2 Å². The van der Waals surface area contributed by atoms with Gasteiger partial charge in [0, 0.05) is 23.3 Å². The van der Waals surface area contributed by atoms with Gasteiger partial charge in [-0.05, 0) is 49.2 Å². The molecule has 20 heavy (non-hydrogen) atoms. The van der Waals surface area contributed by atoms with Crippen LogP contribution in [0.4, 0.5) is 10.1 Å². The molecule has 0 atom stereocenters. The molecule has 0 aliphatic heterocycles. The molecule has 0 N–H and O–H groups in total. The molecule has 0 radical (unpaired) electrons. The minimum Gasteiger partial charge on any atom is -0.289 e. The van der Waals surface area contributed by atoms with Gasteiger partial charge in [-0.15, -0.1) is 0 Å². The van der Waals surface area contributed by atoms with Crippen LogP contribution in [0.15, 0.2) is 36.4 Å². The summed E-state index contributed by atoms with van der Waals surface area (Å²) in [5.41, 5.74) is 1.77. The lowest BCUT2D eigenvalue weighted by Crippen LogP contribution is -2.06. The average molecular weight is 273 g/mol. The molecule has 0 bridgehead atoms. The predicted octanol–water partition coefficient (Wildman–Crippen LogP) is 3.58. The van der Waals surface area contributed by atoms with Crippen molar-refractivity contribution in [1.82, 2.24) is 0 Å². The number of nitrogens with zero attached hydrogens (tertiary/aromatic N) is 1. The van der Waals surface area contributed by atoms with Gasteiger partial charge in [-0.2, -0.15) is 0 Å². The van der Waals surface area contributed by atoms with E-state index in [4.69, 9.17) is 0 Å². The molecule has 0 amide bonds. The number of non-ortho nitro benzene ring substituents is 1. The largest absolute Gasteiger partial charge is 0.289 e. The van der Waals surface area contributed by atoms with Crippen LogP contribution in [0.2, 0.25) is 0 Å². The van der Waals surface area contributed by atoms with Gasteiger partial charge < -0.3 is 0 Å². The number of carbonyl (C=O) groups excluding carboxylic acids is 1. The van der Waals surface area contributed by atoms with Gasteiger partial charge in [-0.25, -0.2) is 4.39 Å². The Kier molecular flexibility index (Phi) is 3.61. The number of benzene rings is 2. The van der Waals surface area contributed by atoms with Crippen LogP contribution in [0.5, 0.6) is 0 Å². The first kappa shape index (κ1) is 13.9. The molecule has 2 aromatic carbocycles. The summed E-state index contributed by atoms with van der Waals surface area (Å²) in [4.78, 5) is 22.6. The van der Waals surface area contributed by atoms with E-state index in [0.29, 0.717) is 22.3 Å². The summed E-state index contributed by atoms with van der Waals surface area (Å²) in [5.74, 6) is -0.672. The molecule has 0 aliphatic rings. The number of halogens is 1. The second-order valence-electron chi connectivity index (χ2n) is 4.54. The summed E-state index contributed by atoms with van der Waals surface area (Å²) in [7, 11) is 0. The van der Waals surface area contributed by atoms with E-state index in [0.717, 1.165) is 0 Å². The first-order chi connectivity index (χ1) is 9.40. The van der Waals surface area contributed by atoms with E-state index in [1.807, 2.05) is 0 Å². The molecule has 2 aromatic rings. The highest BCUT2D eigenvalue weighted by molar-refractivity contribution is 6.10. The van der Waals surface area contributed by atoms with E-state index in [-0.39, 0.29) is 11.5 Å². The van der Waals surface area contributed by atoms with Crippen molar-refractivity contribution in [1.29, 1.82) is 0 Å². The molecule has 0 aromatic heterocycles. The Balaban J connectivity index is 2.46. The van der Waals surface area contributed by atoms with E-state index in [9.17, 15) is 19.3 Å². The Labute approximate surface area is 115 Å². The summed E-state index contributed by atoms with van der Waals surface area (Å²) < 4.78 is 13.0. The van der Waals surface area contributed by atoms with Crippen molar-refractivity contribution in [3.8, 4) is 0 Å². The number of ketones is 1. The zero-order chi connectivity index (χ0) is 14.9. The van der Waals surface area contributed by atoms with Crippen molar-refractivity contribution < 1.29 is 14.1 Å². The number of rotatable bonds is 3. The van der Waals surface area contributed by atoms with Gasteiger partial charge in [0.25, 0.3) is 5.69 Å². The maximum absolute atomic E-state index is 13.0. The van der Waals surface area contributed by atoms with Crippen molar-refractivity contribution in [3.05, 3.63) is 74.6 Å². The molecule has 5 heteroatoms. The maximum Gasteiger partial charge on any atom is 0.269 e. The van der Waals surface area contributed by atoms with Crippen LogP contribution in [0.25, 0.3) is 0 Å². The molecular formula is C15H12FNO3. The SMILES string of the molecule is Cc1cc(F)ccc1C(=O)c1ccc([N+](=O)[O-])cc1C. The molecular weight excluding hydrogens is 261 g/mol. The fourth-order valence-electron chi connectivity index (χ4n) is 2.04. The summed E-state index contributed by atoms with van der Waals surface area (Å²) in [6.07, 6.45) is 0. The van der Waals surface area contributed by atoms with Gasteiger partial charge in [-0.3, -0.25) is 14.9 Å². The number of carbonyl (C=O) groups is 1. The Bertz CT molecular complexity index is 710. The van der Waals surface area contributed by atoms with E-state index >= 15 is 0 Å². The number of nitro benzene ring substituents is 1. The molecule has 4 nitrogen and oxygen atoms in total. The second kappa shape index (κ2) is 5.21. The van der Waals surface area contributed by atoms with Gasteiger partial charge in [0.1, 0.15) is 5.82 Å². The highest BCUT2D eigenvalue weighted by Crippen LogP contribution is 2.21. The Hall–Kier alpha value is -2.56. The van der Waals surface area contributed by atoms with Crippen molar-refractivity contribution >= 4 is 11.5 Å². The van der Waals surface area contributed by atoms with Crippen molar-refractivity contribution in [2.24, 2.45) is 0 Å². The van der Waals surface area contributed by atoms with Gasteiger partial charge in [0.05, 0.1) is 4.92 Å². The minimum atomic E-state index is -0.510. The van der Waals surface area contributed by atoms with E-state index < -0.39 is 10.7 Å². The van der Waals surface area contributed by atoms with Crippen LogP contribution in [0.1, 0.15) is 27.0 Å². The predicted molar refractivity (Wildman–Crippen MR) is 72.4 cm³/mol. The van der Waals surface area contributed by atoms with Crippen LogP contribution in [-0.2, 0) is 0 Å². The lowest BCUT2D eigenvalue weighted by molar-refractivity contribution is -0.384. The fourth-order valence-corrected chi connectivity index (χ4v) is 2.04. The fraction of sp³-hybridized carbons (Fsp3) is 0.133. The summed E-state index contributed by atoms with van der Waals surface area (Å²) in [6.45, 7) is 3.29. The van der Waals surface area contributed by atoms with Crippen LogP contribution in [-0.4, -0.2) is 10.7 Å². The maximum atomic E-state index is 13.0. The zero-order valence-electron chi connectivity index (χ0n) is 11.0. The quantitative estimate of drug-likeness (QED) is 0.488. The normalized spacial score (nSPS) is 10.3. The van der Waals surface area contributed by atoms with Crippen LogP contribution in [0, 0.1) is 29.8 Å². The molecule has 0 saturated carbocycles. The van der Waals surface area contributed by atoms with Crippen molar-refractivity contribution in [2.75, 3.05) is 0 Å². The Morgan fingerprint density at radius 3 is 2.10 bits per heavy atom.